The van der Waals surface area contributed by atoms with Gasteiger partial charge in [0.05, 0.1) is 23.1 Å². The number of halogens is 1. The van der Waals surface area contributed by atoms with Crippen LogP contribution in [0, 0.1) is 0 Å². The number of amides is 1. The first-order valence-electron chi connectivity index (χ1n) is 16.3. The number of benzene rings is 3. The quantitative estimate of drug-likeness (QED) is 0.183. The van der Waals surface area contributed by atoms with E-state index in [0.717, 1.165) is 92.8 Å². The highest BCUT2D eigenvalue weighted by Gasteiger charge is 2.39. The average Bonchev–Trinajstić information content (AvgIpc) is 3.80. The summed E-state index contributed by atoms with van der Waals surface area (Å²) >= 11 is 6.66. The second-order valence-corrected chi connectivity index (χ2v) is 14.5. The van der Waals surface area contributed by atoms with Gasteiger partial charge in [0.1, 0.15) is 40.5 Å². The van der Waals surface area contributed by atoms with Gasteiger partial charge >= 0.3 is 6.09 Å². The molecule has 238 valence electrons. The summed E-state index contributed by atoms with van der Waals surface area (Å²) in [4.78, 5) is 31.8. The van der Waals surface area contributed by atoms with Crippen LogP contribution in [0.1, 0.15) is 89.6 Å². The lowest BCUT2D eigenvalue weighted by molar-refractivity contribution is 0.0152. The number of ether oxygens (including phenoxy) is 2. The van der Waals surface area contributed by atoms with Crippen molar-refractivity contribution in [2.45, 2.75) is 96.7 Å². The molecule has 3 aromatic carbocycles. The molecule has 0 spiro atoms. The minimum atomic E-state index is -0.561. The SMILES string of the molecule is C[C@H]1CC[C@@H](c2nc(-c3ccc4c(c3)COc3cc5c(ccc6[nH]c([C@@H]7CC[C@H](C)N7C(=O)OC(C)(C)C)nc65)cc3-4)c(Cl)[nH]2)N1. The molecule has 3 aliphatic heterocycles. The van der Waals surface area contributed by atoms with Crippen LogP contribution in [0.25, 0.3) is 44.2 Å². The fourth-order valence-electron chi connectivity index (χ4n) is 7.35. The number of fused-ring (bicyclic) bond motifs is 6. The molecule has 3 N–H and O–H groups in total. The first-order chi connectivity index (χ1) is 22.0. The highest BCUT2D eigenvalue weighted by molar-refractivity contribution is 6.32. The summed E-state index contributed by atoms with van der Waals surface area (Å²) in [7, 11) is 0. The van der Waals surface area contributed by atoms with Gasteiger partial charge in [-0.2, -0.15) is 0 Å². The van der Waals surface area contributed by atoms with Crippen LogP contribution in [0.5, 0.6) is 5.75 Å². The maximum absolute atomic E-state index is 13.2. The first-order valence-corrected chi connectivity index (χ1v) is 16.7. The number of nitrogens with zero attached hydrogens (tertiary/aromatic N) is 3. The summed E-state index contributed by atoms with van der Waals surface area (Å²) in [6.45, 7) is 10.4. The third-order valence-electron chi connectivity index (χ3n) is 9.61. The minimum absolute atomic E-state index is 0.0741. The van der Waals surface area contributed by atoms with Crippen LogP contribution in [-0.4, -0.2) is 48.6 Å². The van der Waals surface area contributed by atoms with E-state index < -0.39 is 5.60 Å². The van der Waals surface area contributed by atoms with Gasteiger partial charge in [-0.25, -0.2) is 14.8 Å². The lowest BCUT2D eigenvalue weighted by atomic mass is 9.92. The Morgan fingerprint density at radius 2 is 1.83 bits per heavy atom. The van der Waals surface area contributed by atoms with Gasteiger partial charge in [-0.05, 0) is 101 Å². The molecular weight excluding hydrogens is 600 g/mol. The number of aromatic nitrogens is 4. The number of nitrogens with one attached hydrogen (secondary N) is 3. The van der Waals surface area contributed by atoms with Crippen LogP contribution in [0.3, 0.4) is 0 Å². The van der Waals surface area contributed by atoms with Crippen LogP contribution in [-0.2, 0) is 11.3 Å². The minimum Gasteiger partial charge on any atom is -0.488 e. The molecule has 5 aromatic rings. The Hall–Kier alpha value is -4.08. The van der Waals surface area contributed by atoms with Gasteiger partial charge in [0.25, 0.3) is 0 Å². The van der Waals surface area contributed by atoms with Gasteiger partial charge in [-0.15, -0.1) is 0 Å². The maximum Gasteiger partial charge on any atom is 0.411 e. The van der Waals surface area contributed by atoms with E-state index >= 15 is 0 Å². The monoisotopic (exact) mass is 638 g/mol. The van der Waals surface area contributed by atoms with Crippen molar-refractivity contribution in [1.29, 1.82) is 0 Å². The molecule has 2 saturated heterocycles. The summed E-state index contributed by atoms with van der Waals surface area (Å²) in [6, 6.07) is 15.4. The number of imidazole rings is 2. The van der Waals surface area contributed by atoms with E-state index in [2.05, 4.69) is 71.6 Å². The van der Waals surface area contributed by atoms with Crippen molar-refractivity contribution in [2.24, 2.45) is 0 Å². The normalized spacial score (nSPS) is 22.7. The predicted molar refractivity (Wildman–Crippen MR) is 180 cm³/mol. The molecule has 2 fully saturated rings. The van der Waals surface area contributed by atoms with E-state index in [1.54, 1.807) is 0 Å². The van der Waals surface area contributed by atoms with Gasteiger partial charge in [0, 0.05) is 28.6 Å². The highest BCUT2D eigenvalue weighted by atomic mass is 35.5. The molecule has 3 aliphatic rings. The number of hydrogen-bond donors (Lipinski definition) is 3. The smallest absolute Gasteiger partial charge is 0.411 e. The number of H-pyrrole nitrogens is 2. The lowest BCUT2D eigenvalue weighted by Crippen LogP contribution is -2.40. The molecule has 9 nitrogen and oxygen atoms in total. The molecule has 2 aromatic heterocycles. The Balaban J connectivity index is 1.12. The zero-order valence-electron chi connectivity index (χ0n) is 26.8. The fraction of sp³-hybridized carbons (Fsp3) is 0.417. The number of carbonyl (C=O) groups excluding carboxylic acids is 1. The Kier molecular flexibility index (Phi) is 6.85. The molecule has 0 aliphatic carbocycles. The van der Waals surface area contributed by atoms with Crippen molar-refractivity contribution in [3.05, 3.63) is 64.8 Å². The van der Waals surface area contributed by atoms with Gasteiger partial charge in [-0.1, -0.05) is 29.8 Å². The van der Waals surface area contributed by atoms with Crippen LogP contribution in [0.2, 0.25) is 5.15 Å². The first kappa shape index (κ1) is 29.3. The van der Waals surface area contributed by atoms with Crippen LogP contribution < -0.4 is 10.1 Å². The van der Waals surface area contributed by atoms with Gasteiger partial charge < -0.3 is 24.8 Å². The molecule has 0 unspecified atom stereocenters. The van der Waals surface area contributed by atoms with E-state index in [1.807, 2.05) is 25.7 Å². The summed E-state index contributed by atoms with van der Waals surface area (Å²) in [6.07, 6.45) is 3.60. The Morgan fingerprint density at radius 1 is 0.978 bits per heavy atom. The standard InChI is InChI=1S/C36H39ClN6O3/c1-18-6-11-27(38-18)33-40-30(32(37)42-33)21-8-10-23-22(14-21)17-45-29-16-24-20(15-25(23)29)9-12-26-31(24)41-34(39-26)28-13-7-19(2)43(28)35(44)46-36(3,4)5/h8-10,12,14-16,18-19,27-28,38H,6-7,11,13,17H2,1-5H3,(H,39,41)(H,40,42)/t18-,19-,27-,28-/m0/s1. The second kappa shape index (κ2) is 10.7. The Bertz CT molecular complexity index is 2010. The molecule has 46 heavy (non-hydrogen) atoms. The number of likely N-dealkylation sites (tertiary alicyclic amines) is 1. The zero-order chi connectivity index (χ0) is 31.9. The summed E-state index contributed by atoms with van der Waals surface area (Å²) < 4.78 is 12.1. The molecule has 0 bridgehead atoms. The van der Waals surface area contributed by atoms with Crippen molar-refractivity contribution < 1.29 is 14.3 Å². The number of aromatic amines is 2. The van der Waals surface area contributed by atoms with Crippen LogP contribution in [0.4, 0.5) is 4.79 Å². The lowest BCUT2D eigenvalue weighted by Gasteiger charge is -2.30. The summed E-state index contributed by atoms with van der Waals surface area (Å²) in [5.74, 6) is 2.51. The largest absolute Gasteiger partial charge is 0.488 e. The Labute approximate surface area is 273 Å². The van der Waals surface area contributed by atoms with Crippen molar-refractivity contribution in [2.75, 3.05) is 0 Å². The van der Waals surface area contributed by atoms with Crippen molar-refractivity contribution >= 4 is 39.5 Å². The molecule has 5 heterocycles. The second-order valence-electron chi connectivity index (χ2n) is 14.1. The summed E-state index contributed by atoms with van der Waals surface area (Å²) in [5.41, 5.74) is 6.27. The van der Waals surface area contributed by atoms with E-state index in [9.17, 15) is 4.79 Å². The maximum atomic E-state index is 13.2. The molecule has 10 heteroatoms. The van der Waals surface area contributed by atoms with Crippen molar-refractivity contribution in [3.8, 4) is 28.1 Å². The number of carbonyl (C=O) groups is 1. The molecule has 1 amide bonds. The Morgan fingerprint density at radius 3 is 2.61 bits per heavy atom. The van der Waals surface area contributed by atoms with E-state index in [0.29, 0.717) is 17.8 Å². The third-order valence-corrected chi connectivity index (χ3v) is 9.88. The molecule has 4 atom stereocenters. The van der Waals surface area contributed by atoms with E-state index in [-0.39, 0.29) is 24.2 Å². The van der Waals surface area contributed by atoms with Crippen molar-refractivity contribution in [3.63, 3.8) is 0 Å². The molecular formula is C36H39ClN6O3. The fourth-order valence-corrected chi connectivity index (χ4v) is 7.60. The molecule has 8 rings (SSSR count). The number of rotatable bonds is 3. The van der Waals surface area contributed by atoms with Crippen LogP contribution in [0.15, 0.2) is 42.5 Å². The summed E-state index contributed by atoms with van der Waals surface area (Å²) in [5, 5.41) is 6.23. The van der Waals surface area contributed by atoms with Crippen molar-refractivity contribution in [1.82, 2.24) is 30.2 Å². The van der Waals surface area contributed by atoms with Gasteiger partial charge in [-0.3, -0.25) is 4.90 Å². The third kappa shape index (κ3) is 5.00. The molecule has 0 radical (unpaired) electrons. The van der Waals surface area contributed by atoms with E-state index in [4.69, 9.17) is 31.0 Å². The average molecular weight is 639 g/mol. The zero-order valence-corrected chi connectivity index (χ0v) is 27.6. The van der Waals surface area contributed by atoms with Gasteiger partial charge in [0.2, 0.25) is 0 Å². The highest BCUT2D eigenvalue weighted by Crippen LogP contribution is 2.44. The predicted octanol–water partition coefficient (Wildman–Crippen LogP) is 8.59. The van der Waals surface area contributed by atoms with Gasteiger partial charge in [0.15, 0.2) is 0 Å². The molecule has 0 saturated carbocycles. The topological polar surface area (TPSA) is 108 Å². The van der Waals surface area contributed by atoms with Crippen LogP contribution >= 0.6 is 11.6 Å². The van der Waals surface area contributed by atoms with E-state index in [1.165, 1.54) is 0 Å². The number of hydrogen-bond acceptors (Lipinski definition) is 6.